The van der Waals surface area contributed by atoms with E-state index >= 15 is 0 Å². The quantitative estimate of drug-likeness (QED) is 0.857. The molecular weight excluding hydrogens is 276 g/mol. The number of likely N-dealkylation sites (N-methyl/N-ethyl adjacent to an activating group) is 2. The fourth-order valence-corrected chi connectivity index (χ4v) is 2.91. The fourth-order valence-electron chi connectivity index (χ4n) is 2.91. The largest absolute Gasteiger partial charge is 0.358 e. The minimum Gasteiger partial charge on any atom is -0.358 e. The molecule has 0 aromatic heterocycles. The van der Waals surface area contributed by atoms with Gasteiger partial charge in [-0.1, -0.05) is 27.7 Å². The van der Waals surface area contributed by atoms with Gasteiger partial charge in [-0.25, -0.2) is 0 Å². The Labute approximate surface area is 138 Å². The van der Waals surface area contributed by atoms with Crippen LogP contribution in [-0.4, -0.2) is 86.6 Å². The molecule has 0 spiro atoms. The van der Waals surface area contributed by atoms with Crippen LogP contribution in [0.1, 0.15) is 40.5 Å². The summed E-state index contributed by atoms with van der Waals surface area (Å²) in [6.07, 6.45) is 2.42. The number of amides is 1. The van der Waals surface area contributed by atoms with Crippen molar-refractivity contribution in [3.63, 3.8) is 0 Å². The summed E-state index contributed by atoms with van der Waals surface area (Å²) in [7, 11) is 3.91. The molecule has 132 valence electrons. The molecule has 5 nitrogen and oxygen atoms in total. The van der Waals surface area contributed by atoms with E-state index in [1.807, 2.05) is 27.7 Å². The SMILES string of the molecule is CC.CC.CNC(=O)CN1CCC(N2CCN(C)CC2)CC1. The van der Waals surface area contributed by atoms with E-state index < -0.39 is 0 Å². The Bertz CT molecular complexity index is 270. The van der Waals surface area contributed by atoms with Crippen LogP contribution in [0.2, 0.25) is 0 Å². The molecule has 2 aliphatic heterocycles. The zero-order valence-electron chi connectivity index (χ0n) is 15.7. The van der Waals surface area contributed by atoms with Crippen molar-refractivity contribution in [1.82, 2.24) is 20.0 Å². The second kappa shape index (κ2) is 12.9. The standard InChI is InChI=1S/C13H26N4O.2C2H6/c1-14-13(18)11-16-5-3-12(4-6-16)17-9-7-15(2)8-10-17;2*1-2/h12H,3-11H2,1-2H3,(H,14,18);2*1-2H3. The molecular formula is C17H38N4O. The maximum Gasteiger partial charge on any atom is 0.233 e. The minimum absolute atomic E-state index is 0.132. The summed E-state index contributed by atoms with van der Waals surface area (Å²) < 4.78 is 0. The van der Waals surface area contributed by atoms with E-state index in [9.17, 15) is 4.79 Å². The molecule has 0 aromatic rings. The van der Waals surface area contributed by atoms with Crippen LogP contribution in [0, 0.1) is 0 Å². The zero-order valence-corrected chi connectivity index (χ0v) is 15.7. The first-order valence-electron chi connectivity index (χ1n) is 9.04. The number of carbonyl (C=O) groups is 1. The van der Waals surface area contributed by atoms with Crippen LogP contribution < -0.4 is 5.32 Å². The van der Waals surface area contributed by atoms with Gasteiger partial charge in [-0.05, 0) is 19.9 Å². The van der Waals surface area contributed by atoms with E-state index in [-0.39, 0.29) is 5.91 Å². The Morgan fingerprint density at radius 2 is 1.45 bits per heavy atom. The number of piperazine rings is 1. The number of nitrogens with zero attached hydrogens (tertiary/aromatic N) is 3. The van der Waals surface area contributed by atoms with Crippen LogP contribution in [-0.2, 0) is 4.79 Å². The highest BCUT2D eigenvalue weighted by Crippen LogP contribution is 2.17. The van der Waals surface area contributed by atoms with Crippen LogP contribution in [0.3, 0.4) is 0 Å². The Morgan fingerprint density at radius 3 is 1.91 bits per heavy atom. The fraction of sp³-hybridized carbons (Fsp3) is 0.941. The van der Waals surface area contributed by atoms with Gasteiger partial charge in [-0.2, -0.15) is 0 Å². The lowest BCUT2D eigenvalue weighted by Gasteiger charge is -2.41. The zero-order chi connectivity index (χ0) is 17.0. The van der Waals surface area contributed by atoms with Crippen molar-refractivity contribution >= 4 is 5.91 Å². The average molecular weight is 315 g/mol. The lowest BCUT2D eigenvalue weighted by Crippen LogP contribution is -2.53. The monoisotopic (exact) mass is 314 g/mol. The molecule has 5 heteroatoms. The van der Waals surface area contributed by atoms with Gasteiger partial charge in [0.2, 0.25) is 5.91 Å². The number of hydrogen-bond acceptors (Lipinski definition) is 4. The Balaban J connectivity index is 0.00000102. The van der Waals surface area contributed by atoms with Crippen molar-refractivity contribution in [2.45, 2.75) is 46.6 Å². The molecule has 1 N–H and O–H groups in total. The molecule has 2 fully saturated rings. The van der Waals surface area contributed by atoms with E-state index in [0.717, 1.165) is 19.1 Å². The smallest absolute Gasteiger partial charge is 0.233 e. The lowest BCUT2D eigenvalue weighted by atomic mass is 10.0. The van der Waals surface area contributed by atoms with Crippen LogP contribution in [0.15, 0.2) is 0 Å². The molecule has 0 bridgehead atoms. The van der Waals surface area contributed by atoms with Gasteiger partial charge in [-0.15, -0.1) is 0 Å². The van der Waals surface area contributed by atoms with Gasteiger partial charge in [0.1, 0.15) is 0 Å². The van der Waals surface area contributed by atoms with Crippen molar-refractivity contribution in [2.75, 3.05) is 59.9 Å². The number of carbonyl (C=O) groups excluding carboxylic acids is 1. The van der Waals surface area contributed by atoms with Gasteiger partial charge < -0.3 is 10.2 Å². The molecule has 0 aliphatic carbocycles. The summed E-state index contributed by atoms with van der Waals surface area (Å²) in [5.41, 5.74) is 0. The predicted octanol–water partition coefficient (Wildman–Crippen LogP) is 1.50. The molecule has 0 unspecified atom stereocenters. The Kier molecular flexibility index (Phi) is 12.5. The van der Waals surface area contributed by atoms with Crippen LogP contribution in [0.5, 0.6) is 0 Å². The molecule has 0 aromatic carbocycles. The van der Waals surface area contributed by atoms with E-state index in [2.05, 4.69) is 27.1 Å². The Morgan fingerprint density at radius 1 is 0.955 bits per heavy atom. The second-order valence-corrected chi connectivity index (χ2v) is 5.52. The van der Waals surface area contributed by atoms with Gasteiger partial charge in [0.05, 0.1) is 6.54 Å². The van der Waals surface area contributed by atoms with E-state index in [4.69, 9.17) is 0 Å². The van der Waals surface area contributed by atoms with Gasteiger partial charge in [-0.3, -0.25) is 14.6 Å². The molecule has 2 heterocycles. The topological polar surface area (TPSA) is 38.8 Å². The number of hydrogen-bond donors (Lipinski definition) is 1. The second-order valence-electron chi connectivity index (χ2n) is 5.52. The highest BCUT2D eigenvalue weighted by atomic mass is 16.1. The van der Waals surface area contributed by atoms with Gasteiger partial charge in [0, 0.05) is 52.4 Å². The molecule has 2 aliphatic rings. The summed E-state index contributed by atoms with van der Waals surface area (Å²) in [6, 6.07) is 0.736. The van der Waals surface area contributed by atoms with Crippen molar-refractivity contribution in [1.29, 1.82) is 0 Å². The van der Waals surface area contributed by atoms with Crippen molar-refractivity contribution in [2.24, 2.45) is 0 Å². The summed E-state index contributed by atoms with van der Waals surface area (Å²) in [4.78, 5) is 18.6. The van der Waals surface area contributed by atoms with Crippen molar-refractivity contribution < 1.29 is 4.79 Å². The maximum absolute atomic E-state index is 11.3. The van der Waals surface area contributed by atoms with Crippen LogP contribution in [0.4, 0.5) is 0 Å². The molecule has 0 atom stereocenters. The summed E-state index contributed by atoms with van der Waals surface area (Å²) in [6.45, 7) is 15.5. The highest BCUT2D eigenvalue weighted by molar-refractivity contribution is 5.77. The first kappa shape index (κ1) is 21.4. The predicted molar refractivity (Wildman–Crippen MR) is 95.3 cm³/mol. The lowest BCUT2D eigenvalue weighted by molar-refractivity contribution is -0.122. The minimum atomic E-state index is 0.132. The van der Waals surface area contributed by atoms with E-state index in [1.165, 1.54) is 39.0 Å². The van der Waals surface area contributed by atoms with Gasteiger partial charge in [0.15, 0.2) is 0 Å². The van der Waals surface area contributed by atoms with Gasteiger partial charge in [0.25, 0.3) is 0 Å². The van der Waals surface area contributed by atoms with Crippen molar-refractivity contribution in [3.05, 3.63) is 0 Å². The highest BCUT2D eigenvalue weighted by Gasteiger charge is 2.26. The first-order chi connectivity index (χ1) is 10.7. The third-order valence-electron chi connectivity index (χ3n) is 4.26. The summed E-state index contributed by atoms with van der Waals surface area (Å²) in [5, 5.41) is 2.70. The van der Waals surface area contributed by atoms with Crippen LogP contribution in [0.25, 0.3) is 0 Å². The average Bonchev–Trinajstić information content (AvgIpc) is 2.60. The van der Waals surface area contributed by atoms with Crippen LogP contribution >= 0.6 is 0 Å². The van der Waals surface area contributed by atoms with Crippen molar-refractivity contribution in [3.8, 4) is 0 Å². The maximum atomic E-state index is 11.3. The molecule has 2 rings (SSSR count). The molecule has 0 saturated carbocycles. The number of rotatable bonds is 3. The first-order valence-corrected chi connectivity index (χ1v) is 9.04. The summed E-state index contributed by atoms with van der Waals surface area (Å²) in [5.74, 6) is 0.132. The third-order valence-corrected chi connectivity index (χ3v) is 4.26. The molecule has 22 heavy (non-hydrogen) atoms. The van der Waals surface area contributed by atoms with E-state index in [0.29, 0.717) is 6.54 Å². The Hall–Kier alpha value is -0.650. The van der Waals surface area contributed by atoms with Gasteiger partial charge >= 0.3 is 0 Å². The molecule has 0 radical (unpaired) electrons. The number of piperidine rings is 1. The molecule has 2 saturated heterocycles. The summed E-state index contributed by atoms with van der Waals surface area (Å²) >= 11 is 0. The molecule has 1 amide bonds. The number of likely N-dealkylation sites (tertiary alicyclic amines) is 1. The normalized spacial score (nSPS) is 21.2. The third kappa shape index (κ3) is 7.56. The van der Waals surface area contributed by atoms with E-state index in [1.54, 1.807) is 7.05 Å². The number of nitrogens with one attached hydrogen (secondary N) is 1.